The predicted molar refractivity (Wildman–Crippen MR) is 77.2 cm³/mol. The predicted octanol–water partition coefficient (Wildman–Crippen LogP) is 3.23. The van der Waals surface area contributed by atoms with Crippen molar-refractivity contribution < 1.29 is 0 Å². The fourth-order valence-electron chi connectivity index (χ4n) is 3.05. The highest BCUT2D eigenvalue weighted by Crippen LogP contribution is 2.28. The molecule has 0 spiro atoms. The van der Waals surface area contributed by atoms with E-state index in [9.17, 15) is 0 Å². The molecule has 1 aromatic heterocycles. The number of nitrogens with one attached hydrogen (secondary N) is 1. The number of imidazole rings is 1. The molecule has 1 N–H and O–H groups in total. The van der Waals surface area contributed by atoms with Crippen LogP contribution >= 0.6 is 0 Å². The summed E-state index contributed by atoms with van der Waals surface area (Å²) >= 11 is 0. The Morgan fingerprint density at radius 3 is 2.95 bits per heavy atom. The van der Waals surface area contributed by atoms with E-state index in [2.05, 4.69) is 53.0 Å². The van der Waals surface area contributed by atoms with Crippen molar-refractivity contribution in [2.75, 3.05) is 6.54 Å². The third-order valence-corrected chi connectivity index (χ3v) is 4.17. The number of benzene rings is 1. The molecule has 1 fully saturated rings. The first-order chi connectivity index (χ1) is 9.27. The topological polar surface area (TPSA) is 29.9 Å². The molecule has 3 heteroatoms. The van der Waals surface area contributed by atoms with Crippen LogP contribution in [-0.2, 0) is 0 Å². The van der Waals surface area contributed by atoms with Gasteiger partial charge in [0.15, 0.2) is 0 Å². The largest absolute Gasteiger partial charge is 0.326 e. The lowest BCUT2D eigenvalue weighted by Crippen LogP contribution is -2.19. The quantitative estimate of drug-likeness (QED) is 0.912. The van der Waals surface area contributed by atoms with E-state index in [4.69, 9.17) is 0 Å². The van der Waals surface area contributed by atoms with Gasteiger partial charge in [-0.25, -0.2) is 4.98 Å². The number of rotatable bonds is 3. The highest BCUT2D eigenvalue weighted by molar-refractivity contribution is 5.29. The molecule has 1 aliphatic rings. The van der Waals surface area contributed by atoms with Gasteiger partial charge in [-0.05, 0) is 44.4 Å². The molecule has 0 amide bonds. The van der Waals surface area contributed by atoms with Crippen molar-refractivity contribution in [3.63, 3.8) is 0 Å². The lowest BCUT2D eigenvalue weighted by Gasteiger charge is -2.21. The van der Waals surface area contributed by atoms with E-state index in [0.717, 1.165) is 6.54 Å². The number of hydrogen-bond donors (Lipinski definition) is 1. The molecular formula is C16H21N3. The Bertz CT molecular complexity index is 553. The van der Waals surface area contributed by atoms with E-state index >= 15 is 0 Å². The molecule has 3 nitrogen and oxygen atoms in total. The number of aromatic nitrogens is 2. The Labute approximate surface area is 114 Å². The SMILES string of the molecule is Cc1ccccc1C(C)n1cncc1C1CCCN1. The van der Waals surface area contributed by atoms with Gasteiger partial charge in [-0.1, -0.05) is 24.3 Å². The zero-order valence-electron chi connectivity index (χ0n) is 11.6. The molecule has 100 valence electrons. The summed E-state index contributed by atoms with van der Waals surface area (Å²) in [7, 11) is 0. The van der Waals surface area contributed by atoms with Gasteiger partial charge in [-0.3, -0.25) is 0 Å². The Kier molecular flexibility index (Phi) is 3.38. The minimum absolute atomic E-state index is 0.334. The zero-order chi connectivity index (χ0) is 13.2. The van der Waals surface area contributed by atoms with Crippen molar-refractivity contribution in [2.45, 2.75) is 38.8 Å². The van der Waals surface area contributed by atoms with Gasteiger partial charge in [0, 0.05) is 12.2 Å². The first-order valence-electron chi connectivity index (χ1n) is 7.08. The van der Waals surface area contributed by atoms with Crippen molar-refractivity contribution in [3.8, 4) is 0 Å². The van der Waals surface area contributed by atoms with Crippen LogP contribution < -0.4 is 5.32 Å². The first-order valence-corrected chi connectivity index (χ1v) is 7.08. The molecule has 19 heavy (non-hydrogen) atoms. The van der Waals surface area contributed by atoms with Crippen LogP contribution in [-0.4, -0.2) is 16.1 Å². The Morgan fingerprint density at radius 2 is 2.21 bits per heavy atom. The van der Waals surface area contributed by atoms with Crippen molar-refractivity contribution in [1.29, 1.82) is 0 Å². The molecule has 1 aliphatic heterocycles. The van der Waals surface area contributed by atoms with Crippen LogP contribution in [0.25, 0.3) is 0 Å². The second-order valence-corrected chi connectivity index (χ2v) is 5.41. The number of nitrogens with zero attached hydrogens (tertiary/aromatic N) is 2. The van der Waals surface area contributed by atoms with Crippen LogP contribution in [0.3, 0.4) is 0 Å². The number of aryl methyl sites for hydroxylation is 1. The second-order valence-electron chi connectivity index (χ2n) is 5.41. The van der Waals surface area contributed by atoms with Gasteiger partial charge in [0.05, 0.1) is 18.1 Å². The summed E-state index contributed by atoms with van der Waals surface area (Å²) in [4.78, 5) is 4.37. The number of hydrogen-bond acceptors (Lipinski definition) is 2. The summed E-state index contributed by atoms with van der Waals surface area (Å²) in [6.45, 7) is 5.55. The second kappa shape index (κ2) is 5.17. The van der Waals surface area contributed by atoms with Crippen molar-refractivity contribution in [1.82, 2.24) is 14.9 Å². The van der Waals surface area contributed by atoms with Gasteiger partial charge in [-0.15, -0.1) is 0 Å². The third-order valence-electron chi connectivity index (χ3n) is 4.17. The van der Waals surface area contributed by atoms with E-state index < -0.39 is 0 Å². The molecule has 2 aromatic rings. The van der Waals surface area contributed by atoms with E-state index in [1.807, 2.05) is 12.5 Å². The van der Waals surface area contributed by atoms with Crippen LogP contribution in [0.2, 0.25) is 0 Å². The average Bonchev–Trinajstić information content (AvgIpc) is 3.09. The maximum absolute atomic E-state index is 4.37. The summed E-state index contributed by atoms with van der Waals surface area (Å²) < 4.78 is 2.31. The fraction of sp³-hybridized carbons (Fsp3) is 0.438. The lowest BCUT2D eigenvalue weighted by molar-refractivity contribution is 0.537. The molecule has 2 unspecified atom stereocenters. The zero-order valence-corrected chi connectivity index (χ0v) is 11.6. The Morgan fingerprint density at radius 1 is 1.37 bits per heavy atom. The monoisotopic (exact) mass is 255 g/mol. The minimum Gasteiger partial charge on any atom is -0.326 e. The minimum atomic E-state index is 0.334. The van der Waals surface area contributed by atoms with Gasteiger partial charge in [0.1, 0.15) is 0 Å². The Hall–Kier alpha value is -1.61. The van der Waals surface area contributed by atoms with Crippen LogP contribution in [0.4, 0.5) is 0 Å². The standard InChI is InChI=1S/C16H21N3/c1-12-6-3-4-7-14(12)13(2)19-11-17-10-16(19)15-8-5-9-18-15/h3-4,6-7,10-11,13,15,18H,5,8-9H2,1-2H3. The molecule has 0 aliphatic carbocycles. The summed E-state index contributed by atoms with van der Waals surface area (Å²) in [5.74, 6) is 0. The van der Waals surface area contributed by atoms with Crippen molar-refractivity contribution >= 4 is 0 Å². The van der Waals surface area contributed by atoms with E-state index in [1.54, 1.807) is 0 Å². The van der Waals surface area contributed by atoms with Crippen molar-refractivity contribution in [2.24, 2.45) is 0 Å². The molecule has 2 atom stereocenters. The summed E-state index contributed by atoms with van der Waals surface area (Å²) in [5, 5.41) is 3.56. The van der Waals surface area contributed by atoms with Crippen LogP contribution in [0.1, 0.15) is 48.7 Å². The maximum atomic E-state index is 4.37. The average molecular weight is 255 g/mol. The molecule has 2 heterocycles. The lowest BCUT2D eigenvalue weighted by atomic mass is 10.0. The normalized spacial score (nSPS) is 20.6. The van der Waals surface area contributed by atoms with Crippen LogP contribution in [0, 0.1) is 6.92 Å². The third kappa shape index (κ3) is 2.30. The maximum Gasteiger partial charge on any atom is 0.0954 e. The van der Waals surface area contributed by atoms with Gasteiger partial charge in [-0.2, -0.15) is 0 Å². The molecule has 0 bridgehead atoms. The van der Waals surface area contributed by atoms with E-state index in [-0.39, 0.29) is 0 Å². The smallest absolute Gasteiger partial charge is 0.0954 e. The summed E-state index contributed by atoms with van der Waals surface area (Å²) in [5.41, 5.74) is 4.03. The van der Waals surface area contributed by atoms with Gasteiger partial charge in [0.2, 0.25) is 0 Å². The van der Waals surface area contributed by atoms with Gasteiger partial charge in [0.25, 0.3) is 0 Å². The molecule has 3 rings (SSSR count). The van der Waals surface area contributed by atoms with Gasteiger partial charge < -0.3 is 9.88 Å². The van der Waals surface area contributed by atoms with E-state index in [0.29, 0.717) is 12.1 Å². The molecular weight excluding hydrogens is 234 g/mol. The van der Waals surface area contributed by atoms with E-state index in [1.165, 1.54) is 29.7 Å². The summed E-state index contributed by atoms with van der Waals surface area (Å²) in [6.07, 6.45) is 6.45. The fourth-order valence-corrected chi connectivity index (χ4v) is 3.05. The van der Waals surface area contributed by atoms with Crippen LogP contribution in [0.5, 0.6) is 0 Å². The van der Waals surface area contributed by atoms with Crippen LogP contribution in [0.15, 0.2) is 36.8 Å². The Balaban J connectivity index is 1.94. The summed E-state index contributed by atoms with van der Waals surface area (Å²) in [6, 6.07) is 9.40. The van der Waals surface area contributed by atoms with Gasteiger partial charge >= 0.3 is 0 Å². The molecule has 0 radical (unpaired) electrons. The first kappa shape index (κ1) is 12.4. The molecule has 1 saturated heterocycles. The van der Waals surface area contributed by atoms with Crippen molar-refractivity contribution in [3.05, 3.63) is 53.6 Å². The molecule has 1 aromatic carbocycles. The highest BCUT2D eigenvalue weighted by atomic mass is 15.1. The molecule has 0 saturated carbocycles. The highest BCUT2D eigenvalue weighted by Gasteiger charge is 2.22.